The van der Waals surface area contributed by atoms with Crippen LogP contribution in [-0.2, 0) is 0 Å². The second-order valence-electron chi connectivity index (χ2n) is 6.03. The zero-order chi connectivity index (χ0) is 16.5. The summed E-state index contributed by atoms with van der Waals surface area (Å²) >= 11 is 0. The highest BCUT2D eigenvalue weighted by Crippen LogP contribution is 2.40. The van der Waals surface area contributed by atoms with Crippen molar-refractivity contribution in [2.75, 3.05) is 24.7 Å². The number of hydrogen-bond acceptors (Lipinski definition) is 4. The molecule has 2 aliphatic rings. The smallest absolute Gasteiger partial charge is 0.161 e. The van der Waals surface area contributed by atoms with Gasteiger partial charge in [-0.1, -0.05) is 6.07 Å². The van der Waals surface area contributed by atoms with Crippen molar-refractivity contribution in [3.05, 3.63) is 53.3 Å². The molecule has 122 valence electrons. The van der Waals surface area contributed by atoms with E-state index < -0.39 is 0 Å². The molecule has 24 heavy (non-hydrogen) atoms. The van der Waals surface area contributed by atoms with Crippen LogP contribution in [0.5, 0.6) is 11.5 Å². The Labute approximate surface area is 140 Å². The van der Waals surface area contributed by atoms with Crippen molar-refractivity contribution in [2.24, 2.45) is 0 Å². The van der Waals surface area contributed by atoms with E-state index in [-0.39, 0.29) is 11.9 Å². The average Bonchev–Trinajstić information content (AvgIpc) is 3.10. The molecule has 0 spiro atoms. The summed E-state index contributed by atoms with van der Waals surface area (Å²) in [6, 6.07) is 12.7. The largest absolute Gasteiger partial charge is 0.486 e. The Balaban J connectivity index is 1.67. The Morgan fingerprint density at radius 1 is 1.08 bits per heavy atom. The fraction of sp³-hybridized carbons (Fsp3) is 0.316. The van der Waals surface area contributed by atoms with Crippen molar-refractivity contribution < 1.29 is 13.9 Å². The molecule has 1 saturated heterocycles. The molecule has 0 N–H and O–H groups in total. The predicted octanol–water partition coefficient (Wildman–Crippen LogP) is 3.81. The molecular formula is C19H17FN2O2. The van der Waals surface area contributed by atoms with E-state index in [0.29, 0.717) is 24.5 Å². The molecule has 4 nitrogen and oxygen atoms in total. The molecule has 0 bridgehead atoms. The van der Waals surface area contributed by atoms with Crippen molar-refractivity contribution in [2.45, 2.75) is 18.9 Å². The zero-order valence-electron chi connectivity index (χ0n) is 13.2. The Morgan fingerprint density at radius 2 is 1.92 bits per heavy atom. The zero-order valence-corrected chi connectivity index (χ0v) is 13.2. The van der Waals surface area contributed by atoms with E-state index in [1.54, 1.807) is 12.1 Å². The number of fused-ring (bicyclic) bond motifs is 1. The number of halogens is 1. The normalized spacial score (nSPS) is 19.2. The van der Waals surface area contributed by atoms with Crippen LogP contribution in [0.2, 0.25) is 0 Å². The van der Waals surface area contributed by atoms with Crippen molar-refractivity contribution in [3.63, 3.8) is 0 Å². The molecule has 1 unspecified atom stereocenters. The van der Waals surface area contributed by atoms with Gasteiger partial charge >= 0.3 is 0 Å². The van der Waals surface area contributed by atoms with Crippen LogP contribution in [0.15, 0.2) is 36.4 Å². The Bertz CT molecular complexity index is 815. The second kappa shape index (κ2) is 6.04. The molecule has 4 rings (SSSR count). The minimum atomic E-state index is -0.349. The molecular weight excluding hydrogens is 307 g/mol. The Hall–Kier alpha value is -2.74. The Morgan fingerprint density at radius 3 is 2.71 bits per heavy atom. The fourth-order valence-electron chi connectivity index (χ4n) is 3.48. The number of ether oxygens (including phenoxy) is 2. The van der Waals surface area contributed by atoms with Crippen molar-refractivity contribution in [1.82, 2.24) is 0 Å². The highest BCUT2D eigenvalue weighted by molar-refractivity contribution is 5.55. The van der Waals surface area contributed by atoms with Gasteiger partial charge in [0.1, 0.15) is 19.0 Å². The molecule has 0 aliphatic carbocycles. The monoisotopic (exact) mass is 324 g/mol. The molecule has 1 atom stereocenters. The maximum Gasteiger partial charge on any atom is 0.161 e. The standard InChI is InChI=1S/C19H17FN2O2/c20-15-10-13(12-21)3-5-17(15)22-7-1-2-16(22)14-4-6-18-19(11-14)24-9-8-23-18/h3-6,10-11,16H,1-2,7-9H2. The lowest BCUT2D eigenvalue weighted by atomic mass is 10.0. The predicted molar refractivity (Wildman–Crippen MR) is 87.9 cm³/mol. The molecule has 0 amide bonds. The average molecular weight is 324 g/mol. The summed E-state index contributed by atoms with van der Waals surface area (Å²) in [6.07, 6.45) is 1.96. The summed E-state index contributed by atoms with van der Waals surface area (Å²) < 4.78 is 25.6. The maximum atomic E-state index is 14.4. The molecule has 2 aliphatic heterocycles. The van der Waals surface area contributed by atoms with Crippen LogP contribution in [0.1, 0.15) is 30.0 Å². The van der Waals surface area contributed by atoms with Crippen LogP contribution in [0.4, 0.5) is 10.1 Å². The van der Waals surface area contributed by atoms with E-state index in [1.807, 2.05) is 24.3 Å². The van der Waals surface area contributed by atoms with E-state index in [2.05, 4.69) is 4.90 Å². The number of nitrogens with zero attached hydrogens (tertiary/aromatic N) is 2. The first-order valence-corrected chi connectivity index (χ1v) is 8.12. The summed E-state index contributed by atoms with van der Waals surface area (Å²) in [5.41, 5.74) is 1.98. The summed E-state index contributed by atoms with van der Waals surface area (Å²) in [4.78, 5) is 2.07. The van der Waals surface area contributed by atoms with Crippen LogP contribution in [-0.4, -0.2) is 19.8 Å². The summed E-state index contributed by atoms with van der Waals surface area (Å²) in [5.74, 6) is 1.17. The van der Waals surface area contributed by atoms with Crippen molar-refractivity contribution in [3.8, 4) is 17.6 Å². The van der Waals surface area contributed by atoms with Crippen LogP contribution in [0.3, 0.4) is 0 Å². The van der Waals surface area contributed by atoms with Gasteiger partial charge < -0.3 is 14.4 Å². The van der Waals surface area contributed by atoms with Gasteiger partial charge in [-0.3, -0.25) is 0 Å². The van der Waals surface area contributed by atoms with E-state index in [0.717, 1.165) is 36.4 Å². The van der Waals surface area contributed by atoms with E-state index in [9.17, 15) is 4.39 Å². The van der Waals surface area contributed by atoms with Crippen molar-refractivity contribution in [1.29, 1.82) is 5.26 Å². The number of anilines is 1. The molecule has 2 aromatic rings. The van der Waals surface area contributed by atoms with Crippen LogP contribution < -0.4 is 14.4 Å². The quantitative estimate of drug-likeness (QED) is 0.843. The Kier molecular flexibility index (Phi) is 3.73. The lowest BCUT2D eigenvalue weighted by molar-refractivity contribution is 0.171. The highest BCUT2D eigenvalue weighted by Gasteiger charge is 2.29. The second-order valence-corrected chi connectivity index (χ2v) is 6.03. The molecule has 5 heteroatoms. The van der Waals surface area contributed by atoms with Crippen LogP contribution in [0.25, 0.3) is 0 Å². The molecule has 0 saturated carbocycles. The van der Waals surface area contributed by atoms with Gasteiger partial charge in [-0.15, -0.1) is 0 Å². The lowest BCUT2D eigenvalue weighted by Gasteiger charge is -2.28. The van der Waals surface area contributed by atoms with Gasteiger partial charge in [0.2, 0.25) is 0 Å². The van der Waals surface area contributed by atoms with E-state index in [4.69, 9.17) is 14.7 Å². The molecule has 2 heterocycles. The first-order valence-electron chi connectivity index (χ1n) is 8.12. The third kappa shape index (κ3) is 2.54. The van der Waals surface area contributed by atoms with Crippen LogP contribution in [0, 0.1) is 17.1 Å². The highest BCUT2D eigenvalue weighted by atomic mass is 19.1. The van der Waals surface area contributed by atoms with Gasteiger partial charge in [-0.2, -0.15) is 5.26 Å². The topological polar surface area (TPSA) is 45.5 Å². The minimum Gasteiger partial charge on any atom is -0.486 e. The maximum absolute atomic E-state index is 14.4. The molecule has 1 fully saturated rings. The summed E-state index contributed by atoms with van der Waals surface area (Å²) in [5, 5.41) is 8.90. The van der Waals surface area contributed by atoms with E-state index >= 15 is 0 Å². The SMILES string of the molecule is N#Cc1ccc(N2CCCC2c2ccc3c(c2)OCCO3)c(F)c1. The van der Waals surface area contributed by atoms with Gasteiger partial charge in [-0.25, -0.2) is 4.39 Å². The summed E-state index contributed by atoms with van der Waals surface area (Å²) in [7, 11) is 0. The summed E-state index contributed by atoms with van der Waals surface area (Å²) in [6.45, 7) is 1.91. The number of rotatable bonds is 2. The molecule has 2 aromatic carbocycles. The first-order chi connectivity index (χ1) is 11.8. The van der Waals surface area contributed by atoms with Gasteiger partial charge in [0.25, 0.3) is 0 Å². The molecule has 0 radical (unpaired) electrons. The van der Waals surface area contributed by atoms with Gasteiger partial charge in [-0.05, 0) is 48.7 Å². The van der Waals surface area contributed by atoms with Gasteiger partial charge in [0.15, 0.2) is 11.5 Å². The number of benzene rings is 2. The molecule has 0 aromatic heterocycles. The van der Waals surface area contributed by atoms with Crippen molar-refractivity contribution >= 4 is 5.69 Å². The van der Waals surface area contributed by atoms with Crippen LogP contribution >= 0.6 is 0 Å². The third-order valence-electron chi connectivity index (χ3n) is 4.59. The van der Waals surface area contributed by atoms with Gasteiger partial charge in [0, 0.05) is 6.54 Å². The fourth-order valence-corrected chi connectivity index (χ4v) is 3.48. The first kappa shape index (κ1) is 14.8. The number of nitriles is 1. The third-order valence-corrected chi connectivity index (χ3v) is 4.59. The number of hydrogen-bond donors (Lipinski definition) is 0. The van der Waals surface area contributed by atoms with Gasteiger partial charge in [0.05, 0.1) is 23.4 Å². The minimum absolute atomic E-state index is 0.100. The lowest BCUT2D eigenvalue weighted by Crippen LogP contribution is -2.24. The van der Waals surface area contributed by atoms with E-state index in [1.165, 1.54) is 6.07 Å².